The Balaban J connectivity index is 1.89. The number of amides is 1. The molecule has 1 heterocycles. The molecule has 1 atom stereocenters. The molecule has 0 aromatic carbocycles. The number of ether oxygens (including phenoxy) is 1. The summed E-state index contributed by atoms with van der Waals surface area (Å²) in [6.45, 7) is 0.664. The van der Waals surface area contributed by atoms with Gasteiger partial charge in [-0.25, -0.2) is 0 Å². The highest BCUT2D eigenvalue weighted by Gasteiger charge is 2.41. The van der Waals surface area contributed by atoms with Gasteiger partial charge in [0.1, 0.15) is 11.6 Å². The Morgan fingerprint density at radius 3 is 2.62 bits per heavy atom. The third-order valence-corrected chi connectivity index (χ3v) is 2.78. The molecular weight excluding hydrogens is 168 g/mol. The summed E-state index contributed by atoms with van der Waals surface area (Å²) in [5, 5.41) is 11.6. The summed E-state index contributed by atoms with van der Waals surface area (Å²) in [5.41, 5.74) is -0.573. The number of rotatable bonds is 2. The number of nitrogens with one attached hydrogen (secondary N) is 1. The molecule has 1 saturated carbocycles. The standard InChI is InChI=1S/C9H12N2O2/c10-6-9(3-1-4-9)11-8(12)7-2-5-13-7/h7H,1-5H2,(H,11,12). The van der Waals surface area contributed by atoms with Crippen molar-refractivity contribution in [3.8, 4) is 6.07 Å². The van der Waals surface area contributed by atoms with Crippen molar-refractivity contribution in [1.82, 2.24) is 5.32 Å². The van der Waals surface area contributed by atoms with Gasteiger partial charge in [-0.1, -0.05) is 0 Å². The van der Waals surface area contributed by atoms with Crippen molar-refractivity contribution in [2.24, 2.45) is 0 Å². The highest BCUT2D eigenvalue weighted by molar-refractivity contribution is 5.82. The smallest absolute Gasteiger partial charge is 0.250 e. The van der Waals surface area contributed by atoms with Crippen molar-refractivity contribution in [2.75, 3.05) is 6.61 Å². The van der Waals surface area contributed by atoms with Gasteiger partial charge in [0.05, 0.1) is 12.7 Å². The van der Waals surface area contributed by atoms with Gasteiger partial charge in [-0.15, -0.1) is 0 Å². The first kappa shape index (κ1) is 8.52. The number of nitrogens with zero attached hydrogens (tertiary/aromatic N) is 1. The molecule has 70 valence electrons. The van der Waals surface area contributed by atoms with Crippen LogP contribution in [0, 0.1) is 11.3 Å². The molecule has 1 aliphatic carbocycles. The molecule has 1 N–H and O–H groups in total. The fraction of sp³-hybridized carbons (Fsp3) is 0.778. The Hall–Kier alpha value is -1.08. The molecule has 2 aliphatic rings. The second kappa shape index (κ2) is 3.00. The topological polar surface area (TPSA) is 62.1 Å². The SMILES string of the molecule is N#CC1(NC(=O)C2CCO2)CCC1. The first-order valence-electron chi connectivity index (χ1n) is 4.61. The maximum absolute atomic E-state index is 11.4. The van der Waals surface area contributed by atoms with Gasteiger partial charge in [0.25, 0.3) is 0 Å². The lowest BCUT2D eigenvalue weighted by molar-refractivity contribution is -0.147. The van der Waals surface area contributed by atoms with Crippen molar-refractivity contribution in [1.29, 1.82) is 5.26 Å². The van der Waals surface area contributed by atoms with Crippen LogP contribution in [0.25, 0.3) is 0 Å². The van der Waals surface area contributed by atoms with E-state index in [9.17, 15) is 4.79 Å². The molecule has 2 rings (SSSR count). The van der Waals surface area contributed by atoms with Crippen LogP contribution >= 0.6 is 0 Å². The number of hydrogen-bond donors (Lipinski definition) is 1. The molecule has 1 amide bonds. The van der Waals surface area contributed by atoms with E-state index < -0.39 is 5.54 Å². The minimum atomic E-state index is -0.573. The molecule has 0 aromatic heterocycles. The minimum Gasteiger partial charge on any atom is -0.368 e. The second-order valence-electron chi connectivity index (χ2n) is 3.68. The largest absolute Gasteiger partial charge is 0.368 e. The Bertz CT molecular complexity index is 261. The zero-order chi connectivity index (χ0) is 9.31. The van der Waals surface area contributed by atoms with Crippen molar-refractivity contribution in [3.05, 3.63) is 0 Å². The van der Waals surface area contributed by atoms with Crippen LogP contribution < -0.4 is 5.32 Å². The van der Waals surface area contributed by atoms with Crippen LogP contribution in [0.4, 0.5) is 0 Å². The lowest BCUT2D eigenvalue weighted by Crippen LogP contribution is -2.57. The predicted molar refractivity (Wildman–Crippen MR) is 44.7 cm³/mol. The third kappa shape index (κ3) is 1.40. The van der Waals surface area contributed by atoms with Gasteiger partial charge in [0, 0.05) is 6.42 Å². The lowest BCUT2D eigenvalue weighted by Gasteiger charge is -2.38. The first-order valence-corrected chi connectivity index (χ1v) is 4.61. The summed E-state index contributed by atoms with van der Waals surface area (Å²) in [6.07, 6.45) is 3.07. The van der Waals surface area contributed by atoms with Crippen molar-refractivity contribution >= 4 is 5.91 Å². The van der Waals surface area contributed by atoms with E-state index in [1.807, 2.05) is 0 Å². The van der Waals surface area contributed by atoms with Gasteiger partial charge in [-0.2, -0.15) is 5.26 Å². The normalized spacial score (nSPS) is 29.3. The van der Waals surface area contributed by atoms with Gasteiger partial charge in [-0.05, 0) is 19.3 Å². The number of hydrogen-bond acceptors (Lipinski definition) is 3. The van der Waals surface area contributed by atoms with E-state index in [0.29, 0.717) is 6.61 Å². The van der Waals surface area contributed by atoms with Gasteiger partial charge >= 0.3 is 0 Å². The van der Waals surface area contributed by atoms with Crippen LogP contribution in [-0.2, 0) is 9.53 Å². The molecule has 1 aliphatic heterocycles. The quantitative estimate of drug-likeness (QED) is 0.666. The minimum absolute atomic E-state index is 0.118. The molecule has 4 nitrogen and oxygen atoms in total. The van der Waals surface area contributed by atoms with Crippen LogP contribution in [0.2, 0.25) is 0 Å². The van der Waals surface area contributed by atoms with Crippen molar-refractivity contribution < 1.29 is 9.53 Å². The van der Waals surface area contributed by atoms with Crippen LogP contribution in [-0.4, -0.2) is 24.2 Å². The summed E-state index contributed by atoms with van der Waals surface area (Å²) < 4.78 is 5.03. The third-order valence-electron chi connectivity index (χ3n) is 2.78. The summed E-state index contributed by atoms with van der Waals surface area (Å²) in [5.74, 6) is -0.118. The zero-order valence-electron chi connectivity index (χ0n) is 7.38. The van der Waals surface area contributed by atoms with Crippen LogP contribution in [0.5, 0.6) is 0 Å². The van der Waals surface area contributed by atoms with E-state index in [4.69, 9.17) is 10.00 Å². The molecule has 0 aromatic rings. The number of nitriles is 1. The molecule has 2 fully saturated rings. The van der Waals surface area contributed by atoms with E-state index in [0.717, 1.165) is 25.7 Å². The van der Waals surface area contributed by atoms with Gasteiger partial charge in [0.2, 0.25) is 5.91 Å². The second-order valence-corrected chi connectivity index (χ2v) is 3.68. The average Bonchev–Trinajstić information content (AvgIpc) is 1.93. The van der Waals surface area contributed by atoms with Crippen molar-refractivity contribution in [2.45, 2.75) is 37.3 Å². The van der Waals surface area contributed by atoms with E-state index in [2.05, 4.69) is 11.4 Å². The highest BCUT2D eigenvalue weighted by Crippen LogP contribution is 2.31. The summed E-state index contributed by atoms with van der Waals surface area (Å²) >= 11 is 0. The molecule has 4 heteroatoms. The molecular formula is C9H12N2O2. The molecule has 13 heavy (non-hydrogen) atoms. The highest BCUT2D eigenvalue weighted by atomic mass is 16.5. The van der Waals surface area contributed by atoms with Crippen LogP contribution in [0.3, 0.4) is 0 Å². The van der Waals surface area contributed by atoms with Gasteiger partial charge in [-0.3, -0.25) is 4.79 Å². The van der Waals surface area contributed by atoms with E-state index in [1.54, 1.807) is 0 Å². The molecule has 1 unspecified atom stereocenters. The molecule has 0 radical (unpaired) electrons. The van der Waals surface area contributed by atoms with Crippen LogP contribution in [0.15, 0.2) is 0 Å². The maximum Gasteiger partial charge on any atom is 0.250 e. The van der Waals surface area contributed by atoms with E-state index >= 15 is 0 Å². The summed E-state index contributed by atoms with van der Waals surface area (Å²) in [7, 11) is 0. The Labute approximate surface area is 76.9 Å². The number of carbonyl (C=O) groups is 1. The fourth-order valence-corrected chi connectivity index (χ4v) is 1.55. The van der Waals surface area contributed by atoms with Crippen molar-refractivity contribution in [3.63, 3.8) is 0 Å². The summed E-state index contributed by atoms with van der Waals surface area (Å²) in [6, 6.07) is 2.16. The van der Waals surface area contributed by atoms with Gasteiger partial charge in [0.15, 0.2) is 0 Å². The Kier molecular flexibility index (Phi) is 1.97. The van der Waals surface area contributed by atoms with Gasteiger partial charge < -0.3 is 10.1 Å². The average molecular weight is 180 g/mol. The fourth-order valence-electron chi connectivity index (χ4n) is 1.55. The maximum atomic E-state index is 11.4. The Morgan fingerprint density at radius 1 is 1.62 bits per heavy atom. The predicted octanol–water partition coefficient (Wildman–Crippen LogP) is 0.338. The molecule has 0 bridgehead atoms. The van der Waals surface area contributed by atoms with E-state index in [-0.39, 0.29) is 12.0 Å². The summed E-state index contributed by atoms with van der Waals surface area (Å²) in [4.78, 5) is 11.4. The molecule has 1 saturated heterocycles. The monoisotopic (exact) mass is 180 g/mol. The molecule has 0 spiro atoms. The van der Waals surface area contributed by atoms with E-state index in [1.165, 1.54) is 0 Å². The first-order chi connectivity index (χ1) is 6.26. The van der Waals surface area contributed by atoms with Crippen LogP contribution in [0.1, 0.15) is 25.7 Å². The lowest BCUT2D eigenvalue weighted by atomic mass is 9.78. The Morgan fingerprint density at radius 2 is 2.31 bits per heavy atom. The zero-order valence-corrected chi connectivity index (χ0v) is 7.38. The number of carbonyl (C=O) groups excluding carboxylic acids is 1.